The highest BCUT2D eigenvalue weighted by molar-refractivity contribution is 14.1. The molecule has 0 radical (unpaired) electrons. The molecule has 4 heteroatoms. The third-order valence-electron chi connectivity index (χ3n) is 3.52. The van der Waals surface area contributed by atoms with Gasteiger partial charge in [-0.2, -0.15) is 0 Å². The minimum atomic E-state index is 0.825. The van der Waals surface area contributed by atoms with Gasteiger partial charge in [0.25, 0.3) is 0 Å². The quantitative estimate of drug-likeness (QED) is 0.603. The number of morpholine rings is 1. The first kappa shape index (κ1) is 15.1. The Kier molecular flexibility index (Phi) is 6.40. The number of nitrogens with one attached hydrogen (secondary N) is 1. The van der Waals surface area contributed by atoms with E-state index in [4.69, 9.17) is 9.47 Å². The van der Waals surface area contributed by atoms with Crippen LogP contribution in [0.4, 0.5) is 0 Å². The molecular weight excluding hydrogens is 353 g/mol. The number of aryl methyl sites for hydroxylation is 1. The Morgan fingerprint density at radius 1 is 1.26 bits per heavy atom. The van der Waals surface area contributed by atoms with Crippen molar-refractivity contribution in [1.29, 1.82) is 0 Å². The van der Waals surface area contributed by atoms with Crippen molar-refractivity contribution in [1.82, 2.24) is 0 Å². The molecule has 0 bridgehead atoms. The summed E-state index contributed by atoms with van der Waals surface area (Å²) in [5.41, 5.74) is 1.23. The van der Waals surface area contributed by atoms with Gasteiger partial charge in [0, 0.05) is 3.57 Å². The maximum Gasteiger partial charge on any atom is 0.122 e. The highest BCUT2D eigenvalue weighted by atomic mass is 127. The molecule has 0 spiro atoms. The molecule has 1 aromatic carbocycles. The molecule has 0 saturated carbocycles. The van der Waals surface area contributed by atoms with Crippen LogP contribution in [0.2, 0.25) is 0 Å². The molecule has 1 heterocycles. The molecule has 2 rings (SSSR count). The zero-order valence-corrected chi connectivity index (χ0v) is 13.7. The summed E-state index contributed by atoms with van der Waals surface area (Å²) < 4.78 is 12.5. The fourth-order valence-electron chi connectivity index (χ4n) is 2.34. The van der Waals surface area contributed by atoms with E-state index >= 15 is 0 Å². The third kappa shape index (κ3) is 5.28. The average Bonchev–Trinajstić information content (AvgIpc) is 2.42. The van der Waals surface area contributed by atoms with Gasteiger partial charge in [-0.15, -0.1) is 0 Å². The van der Waals surface area contributed by atoms with Gasteiger partial charge >= 0.3 is 0 Å². The first-order valence-electron chi connectivity index (χ1n) is 7.06. The number of ether oxygens (including phenoxy) is 2. The van der Waals surface area contributed by atoms with Crippen molar-refractivity contribution >= 4 is 22.6 Å². The molecule has 1 aromatic rings. The second-order valence-corrected chi connectivity index (χ2v) is 6.32. The topological polar surface area (TPSA) is 22.9 Å². The van der Waals surface area contributed by atoms with Crippen LogP contribution in [-0.2, 0) is 4.74 Å². The van der Waals surface area contributed by atoms with Gasteiger partial charge in [0.1, 0.15) is 18.8 Å². The number of rotatable bonds is 6. The van der Waals surface area contributed by atoms with Crippen molar-refractivity contribution in [2.75, 3.05) is 39.5 Å². The van der Waals surface area contributed by atoms with E-state index in [1.165, 1.54) is 22.1 Å². The van der Waals surface area contributed by atoms with Crippen LogP contribution in [0.15, 0.2) is 18.2 Å². The van der Waals surface area contributed by atoms with E-state index in [0.29, 0.717) is 0 Å². The van der Waals surface area contributed by atoms with Crippen LogP contribution < -0.4 is 9.64 Å². The summed E-state index contributed by atoms with van der Waals surface area (Å²) in [5.74, 6) is 1.03. The molecule has 0 unspecified atom stereocenters. The Morgan fingerprint density at radius 3 is 2.79 bits per heavy atom. The zero-order chi connectivity index (χ0) is 13.5. The van der Waals surface area contributed by atoms with Crippen molar-refractivity contribution in [2.24, 2.45) is 0 Å². The Labute approximate surface area is 129 Å². The zero-order valence-electron chi connectivity index (χ0n) is 11.6. The number of halogens is 1. The maximum absolute atomic E-state index is 5.84. The standard InChI is InChI=1S/C15H22INO2/c1-13-12-14(16)4-5-15(13)19-9-3-2-6-17-7-10-18-11-8-17/h4-5,12H,2-3,6-11H2,1H3/p+1. The van der Waals surface area contributed by atoms with E-state index in [2.05, 4.69) is 47.7 Å². The van der Waals surface area contributed by atoms with Crippen LogP contribution in [0.3, 0.4) is 0 Å². The van der Waals surface area contributed by atoms with Crippen molar-refractivity contribution in [3.8, 4) is 5.75 Å². The predicted octanol–water partition coefficient (Wildman–Crippen LogP) is 1.67. The van der Waals surface area contributed by atoms with Crippen molar-refractivity contribution < 1.29 is 14.4 Å². The molecule has 1 aliphatic heterocycles. The lowest BCUT2D eigenvalue weighted by atomic mass is 10.2. The van der Waals surface area contributed by atoms with E-state index in [9.17, 15) is 0 Å². The number of hydrogen-bond donors (Lipinski definition) is 1. The third-order valence-corrected chi connectivity index (χ3v) is 4.19. The van der Waals surface area contributed by atoms with E-state index in [0.717, 1.165) is 45.1 Å². The molecular formula is C15H23INO2+. The highest BCUT2D eigenvalue weighted by Gasteiger charge is 2.12. The summed E-state index contributed by atoms with van der Waals surface area (Å²) in [7, 11) is 0. The van der Waals surface area contributed by atoms with Gasteiger partial charge in [-0.3, -0.25) is 0 Å². The molecule has 0 aliphatic carbocycles. The van der Waals surface area contributed by atoms with E-state index in [1.54, 1.807) is 4.90 Å². The van der Waals surface area contributed by atoms with Crippen LogP contribution in [0, 0.1) is 10.5 Å². The maximum atomic E-state index is 5.84. The number of benzene rings is 1. The fraction of sp³-hybridized carbons (Fsp3) is 0.600. The predicted molar refractivity (Wildman–Crippen MR) is 85.0 cm³/mol. The summed E-state index contributed by atoms with van der Waals surface area (Å²) in [6, 6.07) is 6.33. The summed E-state index contributed by atoms with van der Waals surface area (Å²) in [5, 5.41) is 0. The Bertz CT molecular complexity index is 392. The van der Waals surface area contributed by atoms with Crippen LogP contribution >= 0.6 is 22.6 Å². The Morgan fingerprint density at radius 2 is 2.05 bits per heavy atom. The van der Waals surface area contributed by atoms with E-state index < -0.39 is 0 Å². The molecule has 1 fully saturated rings. The largest absolute Gasteiger partial charge is 0.493 e. The number of unbranched alkanes of at least 4 members (excludes halogenated alkanes) is 1. The summed E-state index contributed by atoms with van der Waals surface area (Å²) >= 11 is 2.33. The lowest BCUT2D eigenvalue weighted by molar-refractivity contribution is -0.908. The first-order chi connectivity index (χ1) is 9.25. The van der Waals surface area contributed by atoms with Gasteiger partial charge in [0.15, 0.2) is 0 Å². The van der Waals surface area contributed by atoms with Gasteiger partial charge in [0.05, 0.1) is 26.4 Å². The minimum Gasteiger partial charge on any atom is -0.493 e. The summed E-state index contributed by atoms with van der Waals surface area (Å²) in [4.78, 5) is 1.68. The minimum absolute atomic E-state index is 0.825. The normalized spacial score (nSPS) is 16.5. The molecule has 1 aliphatic rings. The number of quaternary nitrogens is 1. The highest BCUT2D eigenvalue weighted by Crippen LogP contribution is 2.20. The lowest BCUT2D eigenvalue weighted by Crippen LogP contribution is -3.14. The second kappa shape index (κ2) is 8.07. The molecule has 3 nitrogen and oxygen atoms in total. The molecule has 1 saturated heterocycles. The van der Waals surface area contributed by atoms with Crippen LogP contribution in [0.5, 0.6) is 5.75 Å². The van der Waals surface area contributed by atoms with Crippen molar-refractivity contribution in [3.63, 3.8) is 0 Å². The monoisotopic (exact) mass is 376 g/mol. The fourth-order valence-corrected chi connectivity index (χ4v) is 2.99. The molecule has 1 N–H and O–H groups in total. The van der Waals surface area contributed by atoms with Crippen molar-refractivity contribution in [3.05, 3.63) is 27.3 Å². The first-order valence-corrected chi connectivity index (χ1v) is 8.14. The summed E-state index contributed by atoms with van der Waals surface area (Å²) in [6.45, 7) is 8.36. The average molecular weight is 376 g/mol. The van der Waals surface area contributed by atoms with Crippen LogP contribution in [-0.4, -0.2) is 39.5 Å². The summed E-state index contributed by atoms with van der Waals surface area (Å²) in [6.07, 6.45) is 2.37. The molecule has 0 amide bonds. The lowest BCUT2D eigenvalue weighted by Gasteiger charge is -2.23. The van der Waals surface area contributed by atoms with Gasteiger partial charge < -0.3 is 14.4 Å². The van der Waals surface area contributed by atoms with E-state index in [1.807, 2.05) is 0 Å². The van der Waals surface area contributed by atoms with Gasteiger partial charge in [-0.05, 0) is 66.1 Å². The second-order valence-electron chi connectivity index (χ2n) is 5.08. The van der Waals surface area contributed by atoms with Gasteiger partial charge in [-0.25, -0.2) is 0 Å². The Hall–Kier alpha value is -0.330. The van der Waals surface area contributed by atoms with Crippen LogP contribution in [0.1, 0.15) is 18.4 Å². The molecule has 0 atom stereocenters. The number of hydrogen-bond acceptors (Lipinski definition) is 2. The SMILES string of the molecule is Cc1cc(I)ccc1OCCCC[NH+]1CCOCC1. The molecule has 106 valence electrons. The van der Waals surface area contributed by atoms with E-state index in [-0.39, 0.29) is 0 Å². The van der Waals surface area contributed by atoms with Gasteiger partial charge in [0.2, 0.25) is 0 Å². The smallest absolute Gasteiger partial charge is 0.122 e. The molecule has 19 heavy (non-hydrogen) atoms. The molecule has 0 aromatic heterocycles. The Balaban J connectivity index is 1.61. The van der Waals surface area contributed by atoms with Crippen molar-refractivity contribution in [2.45, 2.75) is 19.8 Å². The van der Waals surface area contributed by atoms with Gasteiger partial charge in [-0.1, -0.05) is 0 Å². The van der Waals surface area contributed by atoms with Crippen LogP contribution in [0.25, 0.3) is 0 Å².